The topological polar surface area (TPSA) is 21.7 Å². The van der Waals surface area contributed by atoms with Gasteiger partial charge in [-0.1, -0.05) is 24.3 Å². The van der Waals surface area contributed by atoms with E-state index in [0.717, 1.165) is 30.4 Å². The maximum absolute atomic E-state index is 13.4. The second kappa shape index (κ2) is 7.66. The summed E-state index contributed by atoms with van der Waals surface area (Å²) in [4.78, 5) is 2.40. The molecule has 2 bridgehead atoms. The van der Waals surface area contributed by atoms with E-state index in [1.54, 1.807) is 31.4 Å². The van der Waals surface area contributed by atoms with Gasteiger partial charge in [-0.25, -0.2) is 8.78 Å². The van der Waals surface area contributed by atoms with E-state index in [0.29, 0.717) is 12.1 Å². The number of piperidine rings is 1. The molecule has 0 spiro atoms. The number of nitrogens with zero attached hydrogens (tertiary/aromatic N) is 1. The molecule has 2 unspecified atom stereocenters. The average molecular weight is 373 g/mol. The Bertz CT molecular complexity index is 719. The molecule has 4 atom stereocenters. The van der Waals surface area contributed by atoms with Crippen LogP contribution < -0.4 is 0 Å². The van der Waals surface area contributed by atoms with Gasteiger partial charge >= 0.3 is 0 Å². The number of rotatable bonds is 5. The Hall–Kier alpha value is -1.82. The summed E-state index contributed by atoms with van der Waals surface area (Å²) in [5.74, 6) is -0.561. The highest BCUT2D eigenvalue weighted by Crippen LogP contribution is 2.39. The minimum atomic E-state index is -0.347. The van der Waals surface area contributed by atoms with Crippen LogP contribution in [-0.2, 0) is 9.47 Å². The van der Waals surface area contributed by atoms with Gasteiger partial charge in [-0.3, -0.25) is 4.90 Å². The maximum atomic E-state index is 13.4. The number of methoxy groups -OCH3 is 1. The van der Waals surface area contributed by atoms with Gasteiger partial charge in [0.05, 0.1) is 12.2 Å². The lowest BCUT2D eigenvalue weighted by molar-refractivity contribution is -0.0523. The fourth-order valence-electron chi connectivity index (χ4n) is 4.56. The molecule has 5 heteroatoms. The molecule has 2 aromatic rings. The van der Waals surface area contributed by atoms with Crippen LogP contribution in [0.5, 0.6) is 0 Å². The zero-order valence-electron chi connectivity index (χ0n) is 15.6. The first-order valence-electron chi connectivity index (χ1n) is 9.46. The van der Waals surface area contributed by atoms with E-state index in [1.807, 2.05) is 0 Å². The Morgan fingerprint density at radius 1 is 0.889 bits per heavy atom. The summed E-state index contributed by atoms with van der Waals surface area (Å²) in [5, 5.41) is 0. The number of likely N-dealkylation sites (N-methyl/N-ethyl adjacent to an activating group) is 1. The SMILES string of the molecule is CO[C@@H]1CC2C[C@H](OC(c3ccc(F)cc3)c3ccc(F)cc3)CC1N2C. The lowest BCUT2D eigenvalue weighted by Gasteiger charge is -2.38. The third kappa shape index (κ3) is 3.77. The number of hydrogen-bond donors (Lipinski definition) is 0. The first kappa shape index (κ1) is 18.5. The molecule has 2 aliphatic heterocycles. The highest BCUT2D eigenvalue weighted by molar-refractivity contribution is 5.30. The molecule has 2 aliphatic rings. The zero-order valence-corrected chi connectivity index (χ0v) is 15.6. The van der Waals surface area contributed by atoms with Crippen molar-refractivity contribution in [3.05, 3.63) is 71.3 Å². The van der Waals surface area contributed by atoms with Crippen LogP contribution in [0, 0.1) is 11.6 Å². The van der Waals surface area contributed by atoms with Crippen molar-refractivity contribution in [2.24, 2.45) is 0 Å². The van der Waals surface area contributed by atoms with Crippen LogP contribution in [0.4, 0.5) is 8.78 Å². The Morgan fingerprint density at radius 3 is 1.96 bits per heavy atom. The average Bonchev–Trinajstić information content (AvgIpc) is 2.85. The Labute approximate surface area is 158 Å². The van der Waals surface area contributed by atoms with E-state index in [1.165, 1.54) is 24.3 Å². The van der Waals surface area contributed by atoms with Gasteiger partial charge < -0.3 is 9.47 Å². The van der Waals surface area contributed by atoms with Gasteiger partial charge in [0.15, 0.2) is 0 Å². The first-order valence-corrected chi connectivity index (χ1v) is 9.46. The molecular weight excluding hydrogens is 348 g/mol. The molecule has 0 N–H and O–H groups in total. The molecule has 2 aromatic carbocycles. The summed E-state index contributed by atoms with van der Waals surface area (Å²) in [6.45, 7) is 0. The summed E-state index contributed by atoms with van der Waals surface area (Å²) < 4.78 is 39.0. The molecule has 0 amide bonds. The van der Waals surface area contributed by atoms with E-state index in [9.17, 15) is 8.78 Å². The van der Waals surface area contributed by atoms with Gasteiger partial charge in [-0.2, -0.15) is 0 Å². The standard InChI is InChI=1S/C22H25F2NO2/c1-25-18-11-19(13-20(25)21(12-18)26-2)27-22(14-3-7-16(23)8-4-14)15-5-9-17(24)10-6-15/h3-10,18-22H,11-13H2,1-2H3/t18?,19-,20?,21+/m0/s1. The summed E-state index contributed by atoms with van der Waals surface area (Å²) in [6.07, 6.45) is 2.82. The molecule has 144 valence electrons. The van der Waals surface area contributed by atoms with Crippen molar-refractivity contribution in [2.45, 2.75) is 49.7 Å². The number of benzene rings is 2. The first-order chi connectivity index (χ1) is 13.0. The van der Waals surface area contributed by atoms with Crippen molar-refractivity contribution in [1.82, 2.24) is 4.90 Å². The smallest absolute Gasteiger partial charge is 0.123 e. The van der Waals surface area contributed by atoms with Crippen LogP contribution in [0.25, 0.3) is 0 Å². The molecule has 0 saturated carbocycles. The minimum Gasteiger partial charge on any atom is -0.380 e. The van der Waals surface area contributed by atoms with Crippen LogP contribution in [0.2, 0.25) is 0 Å². The van der Waals surface area contributed by atoms with Crippen molar-refractivity contribution < 1.29 is 18.3 Å². The molecular formula is C22H25F2NO2. The highest BCUT2D eigenvalue weighted by atomic mass is 19.1. The number of hydrogen-bond acceptors (Lipinski definition) is 3. The second-order valence-electron chi connectivity index (χ2n) is 7.61. The van der Waals surface area contributed by atoms with Crippen LogP contribution >= 0.6 is 0 Å². The van der Waals surface area contributed by atoms with Crippen LogP contribution in [0.3, 0.4) is 0 Å². The van der Waals surface area contributed by atoms with Gasteiger partial charge in [-0.15, -0.1) is 0 Å². The van der Waals surface area contributed by atoms with Crippen LogP contribution in [0.15, 0.2) is 48.5 Å². The summed E-state index contributed by atoms with van der Waals surface area (Å²) >= 11 is 0. The number of ether oxygens (including phenoxy) is 2. The number of halogens is 2. The fraction of sp³-hybridized carbons (Fsp3) is 0.455. The molecule has 2 saturated heterocycles. The molecule has 0 aliphatic carbocycles. The molecule has 4 rings (SSSR count). The highest BCUT2D eigenvalue weighted by Gasteiger charge is 2.46. The third-order valence-corrected chi connectivity index (χ3v) is 6.05. The molecule has 0 radical (unpaired) electrons. The lowest BCUT2D eigenvalue weighted by Crippen LogP contribution is -2.45. The minimum absolute atomic E-state index is 0.0801. The molecule has 2 heterocycles. The van der Waals surface area contributed by atoms with Crippen LogP contribution in [0.1, 0.15) is 36.5 Å². The van der Waals surface area contributed by atoms with Gasteiger partial charge in [0.25, 0.3) is 0 Å². The Kier molecular flexibility index (Phi) is 5.26. The van der Waals surface area contributed by atoms with Crippen molar-refractivity contribution >= 4 is 0 Å². The van der Waals surface area contributed by atoms with E-state index in [4.69, 9.17) is 9.47 Å². The van der Waals surface area contributed by atoms with Crippen LogP contribution in [-0.4, -0.2) is 43.3 Å². The van der Waals surface area contributed by atoms with Crippen molar-refractivity contribution in [1.29, 1.82) is 0 Å². The predicted molar refractivity (Wildman–Crippen MR) is 99.5 cm³/mol. The normalized spacial score (nSPS) is 28.0. The summed E-state index contributed by atoms with van der Waals surface area (Å²) in [7, 11) is 3.93. The number of fused-ring (bicyclic) bond motifs is 2. The van der Waals surface area contributed by atoms with Crippen molar-refractivity contribution in [3.63, 3.8) is 0 Å². The lowest BCUT2D eigenvalue weighted by atomic mass is 9.97. The van der Waals surface area contributed by atoms with Gasteiger partial charge in [0.2, 0.25) is 0 Å². The fourth-order valence-corrected chi connectivity index (χ4v) is 4.56. The van der Waals surface area contributed by atoms with E-state index in [-0.39, 0.29) is 29.9 Å². The Morgan fingerprint density at radius 2 is 1.44 bits per heavy atom. The van der Waals surface area contributed by atoms with E-state index >= 15 is 0 Å². The quantitative estimate of drug-likeness (QED) is 0.779. The predicted octanol–water partition coefficient (Wildman–Crippen LogP) is 4.32. The van der Waals surface area contributed by atoms with Gasteiger partial charge in [0, 0.05) is 19.2 Å². The largest absolute Gasteiger partial charge is 0.380 e. The van der Waals surface area contributed by atoms with E-state index in [2.05, 4.69) is 11.9 Å². The maximum Gasteiger partial charge on any atom is 0.123 e. The zero-order chi connectivity index (χ0) is 19.0. The van der Waals surface area contributed by atoms with Crippen molar-refractivity contribution in [2.75, 3.05) is 14.2 Å². The molecule has 27 heavy (non-hydrogen) atoms. The molecule has 2 fully saturated rings. The third-order valence-electron chi connectivity index (χ3n) is 6.05. The summed E-state index contributed by atoms with van der Waals surface area (Å²) in [5.41, 5.74) is 1.75. The monoisotopic (exact) mass is 373 g/mol. The van der Waals surface area contributed by atoms with Gasteiger partial charge in [-0.05, 0) is 61.7 Å². The molecule has 0 aromatic heterocycles. The van der Waals surface area contributed by atoms with Crippen molar-refractivity contribution in [3.8, 4) is 0 Å². The summed E-state index contributed by atoms with van der Waals surface area (Å²) in [6, 6.07) is 13.5. The Balaban J connectivity index is 1.58. The molecule has 3 nitrogen and oxygen atoms in total. The second-order valence-corrected chi connectivity index (χ2v) is 7.61. The van der Waals surface area contributed by atoms with E-state index < -0.39 is 0 Å². The van der Waals surface area contributed by atoms with Gasteiger partial charge in [0.1, 0.15) is 17.7 Å².